The van der Waals surface area contributed by atoms with Gasteiger partial charge in [-0.05, 0) is 48.6 Å². The summed E-state index contributed by atoms with van der Waals surface area (Å²) in [5, 5.41) is 8.42. The highest BCUT2D eigenvalue weighted by atomic mass is 32.2. The predicted molar refractivity (Wildman–Crippen MR) is 150 cm³/mol. The van der Waals surface area contributed by atoms with Gasteiger partial charge in [-0.15, -0.1) is 11.8 Å². The summed E-state index contributed by atoms with van der Waals surface area (Å²) >= 11 is 1.56. The Morgan fingerprint density at radius 1 is 1.05 bits per heavy atom. The lowest BCUT2D eigenvalue weighted by Gasteiger charge is -2.25. The first-order valence-electron chi connectivity index (χ1n) is 12.5. The number of nitrogens with one attached hydrogen (secondary N) is 3. The Morgan fingerprint density at radius 3 is 2.49 bits per heavy atom. The number of likely N-dealkylation sites (tertiary alicyclic amines) is 1. The standard InChI is InChI=1S/C28H32N6O4S/c1-33-13-7-12-23(33)27(37)34-17-20(31-28(38)30-19-10-6-11-21(15-19)39-2)16-24(34)26(36)32-22(25(29)35)14-18-8-4-3-5-9-18/h3-13,15,20,22,24H,14,16-17H2,1-2H3,(H2,29,35)(H,32,36)(H2,30,31,38). The van der Waals surface area contributed by atoms with Crippen molar-refractivity contribution in [1.29, 1.82) is 0 Å². The van der Waals surface area contributed by atoms with Gasteiger partial charge in [0.05, 0.1) is 6.04 Å². The molecule has 4 rings (SSSR count). The zero-order valence-corrected chi connectivity index (χ0v) is 22.6. The van der Waals surface area contributed by atoms with Gasteiger partial charge in [0.1, 0.15) is 17.8 Å². The normalized spacial score (nSPS) is 17.3. The average Bonchev–Trinajstić information content (AvgIpc) is 3.54. The number of anilines is 1. The molecule has 1 fully saturated rings. The molecule has 10 nitrogen and oxygen atoms in total. The molecule has 2 aromatic carbocycles. The Kier molecular flexibility index (Phi) is 8.92. The van der Waals surface area contributed by atoms with Crippen molar-refractivity contribution in [1.82, 2.24) is 20.1 Å². The number of carbonyl (C=O) groups is 4. The van der Waals surface area contributed by atoms with E-state index >= 15 is 0 Å². The molecule has 0 radical (unpaired) electrons. The number of carbonyl (C=O) groups excluding carboxylic acids is 4. The highest BCUT2D eigenvalue weighted by Gasteiger charge is 2.42. The Morgan fingerprint density at radius 2 is 1.82 bits per heavy atom. The van der Waals surface area contributed by atoms with Crippen molar-refractivity contribution in [2.45, 2.75) is 35.9 Å². The van der Waals surface area contributed by atoms with Gasteiger partial charge in [-0.3, -0.25) is 14.4 Å². The molecule has 1 aromatic heterocycles. The van der Waals surface area contributed by atoms with Gasteiger partial charge in [0.2, 0.25) is 11.8 Å². The van der Waals surface area contributed by atoms with Crippen molar-refractivity contribution in [2.75, 3.05) is 18.1 Å². The first-order valence-corrected chi connectivity index (χ1v) is 13.7. The number of hydrogen-bond acceptors (Lipinski definition) is 5. The van der Waals surface area contributed by atoms with Crippen LogP contribution in [0.2, 0.25) is 0 Å². The molecule has 11 heteroatoms. The Labute approximate surface area is 231 Å². The maximum absolute atomic E-state index is 13.5. The van der Waals surface area contributed by atoms with E-state index in [4.69, 9.17) is 5.73 Å². The van der Waals surface area contributed by atoms with E-state index in [-0.39, 0.29) is 25.3 Å². The number of nitrogens with zero attached hydrogens (tertiary/aromatic N) is 2. The number of aryl methyl sites for hydroxylation is 1. The Hall–Kier alpha value is -4.25. The van der Waals surface area contributed by atoms with E-state index in [1.54, 1.807) is 47.8 Å². The maximum atomic E-state index is 13.5. The summed E-state index contributed by atoms with van der Waals surface area (Å²) in [6.45, 7) is 0.125. The molecular formula is C28H32N6O4S. The summed E-state index contributed by atoms with van der Waals surface area (Å²) in [4.78, 5) is 54.3. The minimum Gasteiger partial charge on any atom is -0.368 e. The van der Waals surface area contributed by atoms with Crippen LogP contribution >= 0.6 is 11.8 Å². The number of thioether (sulfide) groups is 1. The fraction of sp³-hybridized carbons (Fsp3) is 0.286. The number of hydrogen-bond donors (Lipinski definition) is 4. The first kappa shape index (κ1) is 27.8. The van der Waals surface area contributed by atoms with Gasteiger partial charge >= 0.3 is 6.03 Å². The summed E-state index contributed by atoms with van der Waals surface area (Å²) in [5.41, 5.74) is 7.48. The maximum Gasteiger partial charge on any atom is 0.319 e. The van der Waals surface area contributed by atoms with E-state index in [1.807, 2.05) is 54.8 Å². The second-order valence-electron chi connectivity index (χ2n) is 9.39. The van der Waals surface area contributed by atoms with Crippen molar-refractivity contribution in [3.8, 4) is 0 Å². The van der Waals surface area contributed by atoms with Crippen molar-refractivity contribution in [3.63, 3.8) is 0 Å². The van der Waals surface area contributed by atoms with Gasteiger partial charge in [0.25, 0.3) is 5.91 Å². The van der Waals surface area contributed by atoms with Crippen LogP contribution in [0.3, 0.4) is 0 Å². The molecule has 3 unspecified atom stereocenters. The van der Waals surface area contributed by atoms with Crippen molar-refractivity contribution >= 4 is 41.2 Å². The molecule has 2 heterocycles. The van der Waals surface area contributed by atoms with Crippen molar-refractivity contribution in [3.05, 3.63) is 84.2 Å². The third-order valence-corrected chi connectivity index (χ3v) is 7.36. The largest absolute Gasteiger partial charge is 0.368 e. The van der Waals surface area contributed by atoms with Gasteiger partial charge in [0, 0.05) is 36.8 Å². The molecule has 1 aliphatic heterocycles. The highest BCUT2D eigenvalue weighted by molar-refractivity contribution is 7.98. The molecule has 0 bridgehead atoms. The summed E-state index contributed by atoms with van der Waals surface area (Å²) < 4.78 is 1.67. The number of aromatic nitrogens is 1. The molecule has 1 saturated heterocycles. The zero-order chi connectivity index (χ0) is 27.9. The molecule has 3 aromatic rings. The smallest absolute Gasteiger partial charge is 0.319 e. The molecule has 5 amide bonds. The van der Waals surface area contributed by atoms with Gasteiger partial charge in [-0.25, -0.2) is 4.79 Å². The fourth-order valence-corrected chi connectivity index (χ4v) is 5.10. The van der Waals surface area contributed by atoms with Gasteiger partial charge in [-0.2, -0.15) is 0 Å². The Balaban J connectivity index is 1.49. The van der Waals surface area contributed by atoms with E-state index in [1.165, 1.54) is 4.90 Å². The van der Waals surface area contributed by atoms with Crippen LogP contribution in [0.25, 0.3) is 0 Å². The number of benzene rings is 2. The molecule has 0 spiro atoms. The van der Waals surface area contributed by atoms with Crippen LogP contribution in [0.1, 0.15) is 22.5 Å². The van der Waals surface area contributed by atoms with Crippen LogP contribution in [0, 0.1) is 0 Å². The van der Waals surface area contributed by atoms with Crippen LogP contribution in [0.4, 0.5) is 10.5 Å². The fourth-order valence-electron chi connectivity index (χ4n) is 4.64. The van der Waals surface area contributed by atoms with Crippen molar-refractivity contribution in [2.24, 2.45) is 12.8 Å². The number of nitrogens with two attached hydrogens (primary N) is 1. The number of urea groups is 1. The van der Waals surface area contributed by atoms with Crippen LogP contribution in [-0.4, -0.2) is 64.1 Å². The lowest BCUT2D eigenvalue weighted by molar-refractivity contribution is -0.129. The summed E-state index contributed by atoms with van der Waals surface area (Å²) in [5.74, 6) is -1.53. The molecule has 1 aliphatic rings. The van der Waals surface area contributed by atoms with Crippen LogP contribution in [0.15, 0.2) is 77.8 Å². The van der Waals surface area contributed by atoms with Gasteiger partial charge in [-0.1, -0.05) is 36.4 Å². The third-order valence-electron chi connectivity index (χ3n) is 6.63. The molecule has 0 saturated carbocycles. The third kappa shape index (κ3) is 6.99. The topological polar surface area (TPSA) is 139 Å². The Bertz CT molecular complexity index is 1340. The van der Waals surface area contributed by atoms with E-state index in [0.717, 1.165) is 10.5 Å². The van der Waals surface area contributed by atoms with E-state index in [2.05, 4.69) is 16.0 Å². The zero-order valence-electron chi connectivity index (χ0n) is 21.8. The summed E-state index contributed by atoms with van der Waals surface area (Å²) in [7, 11) is 1.74. The number of primary amides is 1. The number of amides is 5. The average molecular weight is 549 g/mol. The second kappa shape index (κ2) is 12.5. The lowest BCUT2D eigenvalue weighted by atomic mass is 10.0. The minimum atomic E-state index is -0.953. The van der Waals surface area contributed by atoms with E-state index < -0.39 is 36.0 Å². The van der Waals surface area contributed by atoms with E-state index in [0.29, 0.717) is 11.4 Å². The molecule has 3 atom stereocenters. The molecule has 39 heavy (non-hydrogen) atoms. The SMILES string of the molecule is CSc1cccc(NC(=O)NC2CC(C(=O)NC(Cc3ccccc3)C(N)=O)N(C(=O)c3cccn3C)C2)c1. The van der Waals surface area contributed by atoms with E-state index in [9.17, 15) is 19.2 Å². The first-order chi connectivity index (χ1) is 18.7. The predicted octanol–water partition coefficient (Wildman–Crippen LogP) is 2.36. The molecule has 204 valence electrons. The molecule has 0 aliphatic carbocycles. The molecular weight excluding hydrogens is 516 g/mol. The number of rotatable bonds is 9. The van der Waals surface area contributed by atoms with Gasteiger partial charge < -0.3 is 31.2 Å². The quantitative estimate of drug-likeness (QED) is 0.304. The minimum absolute atomic E-state index is 0.125. The monoisotopic (exact) mass is 548 g/mol. The van der Waals surface area contributed by atoms with Crippen molar-refractivity contribution < 1.29 is 19.2 Å². The van der Waals surface area contributed by atoms with Crippen LogP contribution in [-0.2, 0) is 23.1 Å². The summed E-state index contributed by atoms with van der Waals surface area (Å²) in [6, 6.07) is 17.3. The van der Waals surface area contributed by atoms with Crippen LogP contribution in [0.5, 0.6) is 0 Å². The summed E-state index contributed by atoms with van der Waals surface area (Å²) in [6.07, 6.45) is 4.09. The molecule has 5 N–H and O–H groups in total. The second-order valence-corrected chi connectivity index (χ2v) is 10.3. The van der Waals surface area contributed by atoms with Gasteiger partial charge in [0.15, 0.2) is 0 Å². The highest BCUT2D eigenvalue weighted by Crippen LogP contribution is 2.23. The van der Waals surface area contributed by atoms with Crippen LogP contribution < -0.4 is 21.7 Å². The lowest BCUT2D eigenvalue weighted by Crippen LogP contribution is -2.53.